The molecule has 0 atom stereocenters. The van der Waals surface area contributed by atoms with Gasteiger partial charge >= 0.3 is 0 Å². The van der Waals surface area contributed by atoms with Gasteiger partial charge in [0.25, 0.3) is 0 Å². The van der Waals surface area contributed by atoms with Gasteiger partial charge in [-0.15, -0.1) is 0 Å². The van der Waals surface area contributed by atoms with E-state index in [2.05, 4.69) is 114 Å². The molecular weight excluding hydrogens is 388 g/mol. The minimum Gasteiger partial charge on any atom is -0.360 e. The van der Waals surface area contributed by atoms with Crippen molar-refractivity contribution in [3.8, 4) is 0 Å². The van der Waals surface area contributed by atoms with Gasteiger partial charge in [0.05, 0.1) is 5.41 Å². The number of nitrogens with zero attached hydrogens (tertiary/aromatic N) is 2. The average molecular weight is 419 g/mol. The van der Waals surface area contributed by atoms with E-state index in [9.17, 15) is 0 Å². The summed E-state index contributed by atoms with van der Waals surface area (Å²) in [4.78, 5) is 7.56. The topological polar surface area (TPSA) is 15.6 Å². The molecule has 0 unspecified atom stereocenters. The van der Waals surface area contributed by atoms with Gasteiger partial charge in [0.15, 0.2) is 0 Å². The summed E-state index contributed by atoms with van der Waals surface area (Å²) in [5.41, 5.74) is 4.54. The second-order valence-electron chi connectivity index (χ2n) is 8.63. The lowest BCUT2D eigenvalue weighted by Gasteiger charge is -2.37. The predicted molar refractivity (Wildman–Crippen MR) is 134 cm³/mol. The molecule has 0 spiro atoms. The first-order valence-corrected chi connectivity index (χ1v) is 11.7. The molecule has 0 radical (unpaired) electrons. The molecular formula is C30H30N2. The molecule has 0 bridgehead atoms. The van der Waals surface area contributed by atoms with E-state index in [-0.39, 0.29) is 0 Å². The van der Waals surface area contributed by atoms with Gasteiger partial charge in [-0.25, -0.2) is 4.99 Å². The summed E-state index contributed by atoms with van der Waals surface area (Å²) >= 11 is 0. The molecule has 5 rings (SSSR count). The molecule has 0 aromatic heterocycles. The number of likely N-dealkylation sites (tertiary alicyclic amines) is 1. The second kappa shape index (κ2) is 9.40. The van der Waals surface area contributed by atoms with E-state index >= 15 is 0 Å². The molecule has 0 N–H and O–H groups in total. The normalized spacial score (nSPS) is 16.8. The van der Waals surface area contributed by atoms with Crippen LogP contribution in [-0.4, -0.2) is 23.8 Å². The number of benzene rings is 3. The van der Waals surface area contributed by atoms with Crippen LogP contribution in [0.5, 0.6) is 0 Å². The van der Waals surface area contributed by atoms with Crippen LogP contribution in [-0.2, 0) is 5.41 Å². The monoisotopic (exact) mass is 418 g/mol. The van der Waals surface area contributed by atoms with Gasteiger partial charge in [-0.3, -0.25) is 0 Å². The van der Waals surface area contributed by atoms with Crippen molar-refractivity contribution in [1.29, 1.82) is 0 Å². The van der Waals surface area contributed by atoms with Crippen molar-refractivity contribution in [1.82, 2.24) is 4.90 Å². The number of rotatable bonds is 4. The van der Waals surface area contributed by atoms with E-state index in [1.807, 2.05) is 0 Å². The molecule has 3 aromatic carbocycles. The fraction of sp³-hybridized carbons (Fsp3) is 0.233. The maximum Gasteiger partial charge on any atom is 0.108 e. The molecule has 160 valence electrons. The first-order valence-electron chi connectivity index (χ1n) is 11.7. The molecule has 3 aromatic rings. The van der Waals surface area contributed by atoms with Crippen molar-refractivity contribution in [3.63, 3.8) is 0 Å². The van der Waals surface area contributed by atoms with Crippen molar-refractivity contribution in [2.24, 2.45) is 4.99 Å². The van der Waals surface area contributed by atoms with Gasteiger partial charge < -0.3 is 4.90 Å². The summed E-state index contributed by atoms with van der Waals surface area (Å²) in [5, 5.41) is 0. The van der Waals surface area contributed by atoms with Crippen molar-refractivity contribution in [3.05, 3.63) is 132 Å². The highest BCUT2D eigenvalue weighted by molar-refractivity contribution is 5.85. The zero-order valence-corrected chi connectivity index (χ0v) is 18.5. The Morgan fingerprint density at radius 2 is 1.12 bits per heavy atom. The van der Waals surface area contributed by atoms with Crippen LogP contribution in [0.25, 0.3) is 0 Å². The summed E-state index contributed by atoms with van der Waals surface area (Å²) in [5.74, 6) is 1.19. The molecule has 1 fully saturated rings. The van der Waals surface area contributed by atoms with Crippen LogP contribution in [0.3, 0.4) is 0 Å². The Morgan fingerprint density at radius 3 is 1.62 bits per heavy atom. The van der Waals surface area contributed by atoms with Gasteiger partial charge in [0.1, 0.15) is 5.84 Å². The van der Waals surface area contributed by atoms with Crippen LogP contribution in [0.1, 0.15) is 42.4 Å². The minimum atomic E-state index is -0.429. The number of piperidine rings is 1. The third-order valence-electron chi connectivity index (χ3n) is 6.73. The maximum atomic E-state index is 5.09. The van der Waals surface area contributed by atoms with Crippen molar-refractivity contribution >= 4 is 5.84 Å². The van der Waals surface area contributed by atoms with Gasteiger partial charge in [-0.2, -0.15) is 0 Å². The van der Waals surface area contributed by atoms with Crippen LogP contribution in [0, 0.1) is 0 Å². The van der Waals surface area contributed by atoms with Crippen LogP contribution in [0.2, 0.25) is 0 Å². The van der Waals surface area contributed by atoms with E-state index < -0.39 is 5.41 Å². The van der Waals surface area contributed by atoms with E-state index in [1.165, 1.54) is 47.4 Å². The molecule has 0 saturated carbocycles. The fourth-order valence-electron chi connectivity index (χ4n) is 5.18. The van der Waals surface area contributed by atoms with E-state index in [1.54, 1.807) is 0 Å². The largest absolute Gasteiger partial charge is 0.360 e. The summed E-state index contributed by atoms with van der Waals surface area (Å²) in [7, 11) is 0. The number of aliphatic imine (C=N–C) groups is 1. The Labute approximate surface area is 191 Å². The lowest BCUT2D eigenvalue weighted by Crippen LogP contribution is -2.35. The Kier molecular flexibility index (Phi) is 6.02. The van der Waals surface area contributed by atoms with E-state index in [4.69, 9.17) is 4.99 Å². The Morgan fingerprint density at radius 1 is 0.625 bits per heavy atom. The second-order valence-corrected chi connectivity index (χ2v) is 8.63. The number of hydrogen-bond donors (Lipinski definition) is 0. The van der Waals surface area contributed by atoms with Crippen LogP contribution in [0.15, 0.2) is 120 Å². The number of amidine groups is 1. The first kappa shape index (κ1) is 20.5. The molecule has 2 aliphatic heterocycles. The van der Waals surface area contributed by atoms with Gasteiger partial charge in [0.2, 0.25) is 0 Å². The highest BCUT2D eigenvalue weighted by Crippen LogP contribution is 2.46. The Balaban J connectivity index is 1.73. The standard InChI is InChI=1S/C30H30N2/c1-5-14-25(15-6-1)30(26-16-7-2-8-17-26,27-18-9-3-10-19-27)28-20-13-21-29(31-24-28)32-22-11-4-12-23-32/h1-3,5-10,13-20,24H,4,11-12,21-23H2. The van der Waals surface area contributed by atoms with Gasteiger partial charge in [0, 0.05) is 25.7 Å². The summed E-state index contributed by atoms with van der Waals surface area (Å²) < 4.78 is 0. The Hall–Kier alpha value is -3.39. The third kappa shape index (κ3) is 3.82. The molecule has 2 heterocycles. The highest BCUT2D eigenvalue weighted by Gasteiger charge is 2.39. The van der Waals surface area contributed by atoms with Gasteiger partial charge in [-0.05, 0) is 41.5 Å². The molecule has 0 amide bonds. The van der Waals surface area contributed by atoms with Crippen molar-refractivity contribution in [2.45, 2.75) is 31.1 Å². The number of hydrogen-bond acceptors (Lipinski definition) is 2. The van der Waals surface area contributed by atoms with Gasteiger partial charge in [-0.1, -0.05) is 103 Å². The summed E-state index contributed by atoms with van der Waals surface area (Å²) in [6, 6.07) is 32.6. The zero-order chi connectivity index (χ0) is 21.6. The Bertz CT molecular complexity index is 1010. The minimum absolute atomic E-state index is 0.429. The maximum absolute atomic E-state index is 5.09. The van der Waals surface area contributed by atoms with Crippen LogP contribution in [0.4, 0.5) is 0 Å². The zero-order valence-electron chi connectivity index (χ0n) is 18.5. The smallest absolute Gasteiger partial charge is 0.108 e. The van der Waals surface area contributed by atoms with Crippen molar-refractivity contribution < 1.29 is 0 Å². The third-order valence-corrected chi connectivity index (χ3v) is 6.73. The average Bonchev–Trinajstić information content (AvgIpc) is 3.14. The predicted octanol–water partition coefficient (Wildman–Crippen LogP) is 6.75. The molecule has 2 heteroatoms. The van der Waals surface area contributed by atoms with E-state index in [0.29, 0.717) is 0 Å². The first-order chi connectivity index (χ1) is 15.9. The molecule has 2 nitrogen and oxygen atoms in total. The molecule has 32 heavy (non-hydrogen) atoms. The van der Waals surface area contributed by atoms with Crippen LogP contribution >= 0.6 is 0 Å². The lowest BCUT2D eigenvalue weighted by molar-refractivity contribution is 0.338. The lowest BCUT2D eigenvalue weighted by atomic mass is 9.65. The van der Waals surface area contributed by atoms with Crippen LogP contribution < -0.4 is 0 Å². The fourth-order valence-corrected chi connectivity index (χ4v) is 5.18. The SMILES string of the molecule is C1=CC(C(c2ccccc2)(c2ccccc2)c2ccccc2)=CN=C(N2CCCCC2)C1. The summed E-state index contributed by atoms with van der Waals surface area (Å²) in [6.07, 6.45) is 11.5. The number of allylic oxidation sites excluding steroid dienone is 2. The highest BCUT2D eigenvalue weighted by atomic mass is 15.2. The quantitative estimate of drug-likeness (QED) is 0.428. The van der Waals surface area contributed by atoms with E-state index in [0.717, 1.165) is 19.5 Å². The summed E-state index contributed by atoms with van der Waals surface area (Å²) in [6.45, 7) is 2.24. The molecule has 0 aliphatic carbocycles. The molecule has 2 aliphatic rings. The molecule has 1 saturated heterocycles. The van der Waals surface area contributed by atoms with Crippen molar-refractivity contribution in [2.75, 3.05) is 13.1 Å².